The monoisotopic (exact) mass is 263 g/mol. The van der Waals surface area contributed by atoms with Crippen LogP contribution in [0, 0.1) is 0 Å². The van der Waals surface area contributed by atoms with Gasteiger partial charge in [-0.2, -0.15) is 0 Å². The molecule has 1 rings (SSSR count). The highest BCUT2D eigenvalue weighted by Gasteiger charge is 2.13. The third-order valence-electron chi connectivity index (χ3n) is 3.31. The Hall–Kier alpha value is -1.84. The second-order valence-electron chi connectivity index (χ2n) is 4.87. The highest BCUT2D eigenvalue weighted by molar-refractivity contribution is 5.93. The Balaban J connectivity index is 2.62. The highest BCUT2D eigenvalue weighted by atomic mass is 16.4. The molecular weight excluding hydrogens is 242 g/mol. The van der Waals surface area contributed by atoms with Gasteiger partial charge in [0.15, 0.2) is 0 Å². The molecule has 0 aliphatic heterocycles. The van der Waals surface area contributed by atoms with Crippen molar-refractivity contribution in [3.8, 4) is 0 Å². The Morgan fingerprint density at radius 2 is 1.84 bits per heavy atom. The summed E-state index contributed by atoms with van der Waals surface area (Å²) >= 11 is 0. The van der Waals surface area contributed by atoms with Gasteiger partial charge in [0, 0.05) is 13.6 Å². The van der Waals surface area contributed by atoms with E-state index in [1.54, 1.807) is 7.05 Å². The molecule has 0 aromatic heterocycles. The quantitative estimate of drug-likeness (QED) is 0.803. The molecule has 0 heterocycles. The predicted octanol–water partition coefficient (Wildman–Crippen LogP) is 2.63. The van der Waals surface area contributed by atoms with Crippen LogP contribution in [0.2, 0.25) is 0 Å². The van der Waals surface area contributed by atoms with Crippen LogP contribution in [0.15, 0.2) is 24.3 Å². The molecule has 0 fully saturated rings. The number of rotatable bonds is 6. The van der Waals surface area contributed by atoms with Gasteiger partial charge in [-0.15, -0.1) is 0 Å². The van der Waals surface area contributed by atoms with Crippen molar-refractivity contribution >= 4 is 11.9 Å². The first-order chi connectivity index (χ1) is 8.93. The summed E-state index contributed by atoms with van der Waals surface area (Å²) in [4.78, 5) is 23.4. The first-order valence-electron chi connectivity index (χ1n) is 6.48. The molecule has 1 aromatic carbocycles. The van der Waals surface area contributed by atoms with E-state index < -0.39 is 12.4 Å². The first-order valence-corrected chi connectivity index (χ1v) is 6.48. The number of hydrogen-bond donors (Lipinski definition) is 1. The topological polar surface area (TPSA) is 57.6 Å². The van der Waals surface area contributed by atoms with Crippen LogP contribution in [0.3, 0.4) is 0 Å². The van der Waals surface area contributed by atoms with Crippen molar-refractivity contribution < 1.29 is 14.7 Å². The second-order valence-corrected chi connectivity index (χ2v) is 4.87. The summed E-state index contributed by atoms with van der Waals surface area (Å²) < 4.78 is 0. The molecule has 1 atom stereocenters. The highest BCUT2D eigenvalue weighted by Crippen LogP contribution is 2.19. The maximum Gasteiger partial charge on any atom is 0.312 e. The van der Waals surface area contributed by atoms with E-state index >= 15 is 0 Å². The number of aliphatic carboxylic acids is 1. The van der Waals surface area contributed by atoms with Crippen LogP contribution >= 0.6 is 0 Å². The Kier molecular flexibility index (Phi) is 5.55. The number of amides is 1. The van der Waals surface area contributed by atoms with Gasteiger partial charge in [-0.1, -0.05) is 38.1 Å². The fraction of sp³-hybridized carbons (Fsp3) is 0.467. The lowest BCUT2D eigenvalue weighted by molar-refractivity contribution is -0.143. The van der Waals surface area contributed by atoms with Crippen molar-refractivity contribution in [3.05, 3.63) is 35.4 Å². The van der Waals surface area contributed by atoms with Crippen LogP contribution in [0.1, 0.15) is 43.7 Å². The fourth-order valence-electron chi connectivity index (χ4n) is 1.81. The minimum Gasteiger partial charge on any atom is -0.481 e. The summed E-state index contributed by atoms with van der Waals surface area (Å²) in [5.74, 6) is -0.942. The molecule has 1 aromatic rings. The molecule has 19 heavy (non-hydrogen) atoms. The minimum absolute atomic E-state index is 0.376. The third kappa shape index (κ3) is 4.73. The lowest BCUT2D eigenvalue weighted by Crippen LogP contribution is -2.28. The van der Waals surface area contributed by atoms with Crippen LogP contribution < -0.4 is 0 Å². The molecule has 0 saturated carbocycles. The van der Waals surface area contributed by atoms with Crippen molar-refractivity contribution in [2.45, 2.75) is 39.2 Å². The molecule has 0 aliphatic rings. The lowest BCUT2D eigenvalue weighted by atomic mass is 9.97. The van der Waals surface area contributed by atoms with Crippen molar-refractivity contribution in [3.63, 3.8) is 0 Å². The van der Waals surface area contributed by atoms with E-state index in [2.05, 4.69) is 26.0 Å². The van der Waals surface area contributed by atoms with E-state index in [-0.39, 0.29) is 5.91 Å². The zero-order chi connectivity index (χ0) is 14.4. The van der Waals surface area contributed by atoms with E-state index in [1.807, 2.05) is 12.1 Å². The van der Waals surface area contributed by atoms with Gasteiger partial charge in [0.25, 0.3) is 0 Å². The Bertz CT molecular complexity index is 439. The average Bonchev–Trinajstić information content (AvgIpc) is 2.37. The van der Waals surface area contributed by atoms with Crippen LogP contribution in [0.5, 0.6) is 0 Å². The van der Waals surface area contributed by atoms with Gasteiger partial charge >= 0.3 is 5.97 Å². The fourth-order valence-corrected chi connectivity index (χ4v) is 1.81. The van der Waals surface area contributed by atoms with E-state index in [0.717, 1.165) is 12.0 Å². The van der Waals surface area contributed by atoms with E-state index in [0.29, 0.717) is 12.5 Å². The van der Waals surface area contributed by atoms with Crippen LogP contribution in [-0.4, -0.2) is 28.9 Å². The largest absolute Gasteiger partial charge is 0.481 e. The number of carbonyl (C=O) groups excluding carboxylic acids is 1. The number of carboxylic acids is 1. The predicted molar refractivity (Wildman–Crippen MR) is 73.9 cm³/mol. The smallest absolute Gasteiger partial charge is 0.312 e. The number of hydrogen-bond acceptors (Lipinski definition) is 2. The van der Waals surface area contributed by atoms with Crippen molar-refractivity contribution in [1.29, 1.82) is 0 Å². The lowest BCUT2D eigenvalue weighted by Gasteiger charge is -2.17. The number of benzene rings is 1. The summed E-state index contributed by atoms with van der Waals surface area (Å²) in [7, 11) is 1.62. The molecular formula is C15H21NO3. The van der Waals surface area contributed by atoms with Gasteiger partial charge in [-0.25, -0.2) is 0 Å². The molecule has 0 spiro atoms. The normalized spacial score (nSPS) is 11.9. The second kappa shape index (κ2) is 6.92. The van der Waals surface area contributed by atoms with Gasteiger partial charge in [0.2, 0.25) is 5.91 Å². The van der Waals surface area contributed by atoms with Gasteiger partial charge in [0.1, 0.15) is 6.42 Å². The van der Waals surface area contributed by atoms with Crippen LogP contribution in [-0.2, 0) is 16.1 Å². The summed E-state index contributed by atoms with van der Waals surface area (Å²) in [5.41, 5.74) is 2.29. The van der Waals surface area contributed by atoms with E-state index in [4.69, 9.17) is 5.11 Å². The molecule has 1 N–H and O–H groups in total. The number of carbonyl (C=O) groups is 2. The van der Waals surface area contributed by atoms with Crippen molar-refractivity contribution in [1.82, 2.24) is 4.90 Å². The maximum atomic E-state index is 11.5. The van der Waals surface area contributed by atoms with E-state index in [1.165, 1.54) is 10.5 Å². The average molecular weight is 263 g/mol. The van der Waals surface area contributed by atoms with Crippen LogP contribution in [0.25, 0.3) is 0 Å². The third-order valence-corrected chi connectivity index (χ3v) is 3.31. The van der Waals surface area contributed by atoms with Gasteiger partial charge in [-0.05, 0) is 23.5 Å². The van der Waals surface area contributed by atoms with Gasteiger partial charge in [0.05, 0.1) is 0 Å². The Morgan fingerprint density at radius 3 is 2.32 bits per heavy atom. The Morgan fingerprint density at radius 1 is 1.26 bits per heavy atom. The van der Waals surface area contributed by atoms with Gasteiger partial charge < -0.3 is 10.0 Å². The molecule has 0 aliphatic carbocycles. The van der Waals surface area contributed by atoms with Crippen molar-refractivity contribution in [2.75, 3.05) is 7.05 Å². The van der Waals surface area contributed by atoms with Crippen molar-refractivity contribution in [2.24, 2.45) is 0 Å². The first kappa shape index (κ1) is 15.2. The molecule has 104 valence electrons. The molecule has 1 amide bonds. The molecule has 0 saturated heterocycles. The van der Waals surface area contributed by atoms with Crippen LogP contribution in [0.4, 0.5) is 0 Å². The van der Waals surface area contributed by atoms with Gasteiger partial charge in [-0.3, -0.25) is 9.59 Å². The number of carboxylic acid groups (broad SMARTS) is 1. The summed E-state index contributed by atoms with van der Waals surface area (Å²) in [6.07, 6.45) is 0.637. The molecule has 4 heteroatoms. The summed E-state index contributed by atoms with van der Waals surface area (Å²) in [6, 6.07) is 8.12. The molecule has 4 nitrogen and oxygen atoms in total. The Labute approximate surface area is 114 Å². The molecule has 0 radical (unpaired) electrons. The molecule has 0 bridgehead atoms. The zero-order valence-corrected chi connectivity index (χ0v) is 11.7. The summed E-state index contributed by atoms with van der Waals surface area (Å²) in [6.45, 7) is 4.77. The SMILES string of the molecule is CCC(C)c1ccc(CN(C)C(=O)CC(=O)O)cc1. The van der Waals surface area contributed by atoms with E-state index in [9.17, 15) is 9.59 Å². The minimum atomic E-state index is -1.09. The maximum absolute atomic E-state index is 11.5. The standard InChI is InChI=1S/C15H21NO3/c1-4-11(2)13-7-5-12(6-8-13)10-16(3)14(17)9-15(18)19/h5-8,11H,4,9-10H2,1-3H3,(H,18,19). The number of nitrogens with zero attached hydrogens (tertiary/aromatic N) is 1. The summed E-state index contributed by atoms with van der Waals surface area (Å²) in [5, 5.41) is 8.58. The zero-order valence-electron chi connectivity index (χ0n) is 11.7. The molecule has 1 unspecified atom stereocenters.